The molecule has 72 valence electrons. The minimum atomic E-state index is -0.518. The van der Waals surface area contributed by atoms with E-state index < -0.39 is 6.10 Å². The van der Waals surface area contributed by atoms with Crippen molar-refractivity contribution in [3.05, 3.63) is 28.2 Å². The third-order valence-electron chi connectivity index (χ3n) is 1.40. The van der Waals surface area contributed by atoms with Gasteiger partial charge < -0.3 is 9.84 Å². The smallest absolute Gasteiger partial charge is 0.139 e. The Bertz CT molecular complexity index is 287. The van der Waals surface area contributed by atoms with Crippen LogP contribution < -0.4 is 4.74 Å². The van der Waals surface area contributed by atoms with Gasteiger partial charge in [0, 0.05) is 0 Å². The van der Waals surface area contributed by atoms with E-state index in [1.807, 2.05) is 0 Å². The fourth-order valence-corrected chi connectivity index (χ4v) is 1.15. The van der Waals surface area contributed by atoms with Crippen molar-refractivity contribution in [3.8, 4) is 5.75 Å². The first-order valence-corrected chi connectivity index (χ1v) is 4.61. The van der Waals surface area contributed by atoms with Gasteiger partial charge in [0.25, 0.3) is 0 Å². The molecule has 0 aromatic heterocycles. The Balaban J connectivity index is 2.71. The van der Waals surface area contributed by atoms with Gasteiger partial charge in [0.15, 0.2) is 0 Å². The largest absolute Gasteiger partial charge is 0.489 e. The lowest BCUT2D eigenvalue weighted by Gasteiger charge is -2.09. The maximum absolute atomic E-state index is 8.97. The van der Waals surface area contributed by atoms with Gasteiger partial charge in [-0.2, -0.15) is 0 Å². The Kier molecular flexibility index (Phi) is 3.85. The number of benzene rings is 1. The first-order valence-electron chi connectivity index (χ1n) is 3.86. The molecular formula is C9H10Cl2O2. The second-order valence-electron chi connectivity index (χ2n) is 2.71. The van der Waals surface area contributed by atoms with Gasteiger partial charge in [-0.1, -0.05) is 29.3 Å². The first-order chi connectivity index (χ1) is 6.11. The zero-order valence-electron chi connectivity index (χ0n) is 7.13. The number of ether oxygens (including phenoxy) is 1. The van der Waals surface area contributed by atoms with Gasteiger partial charge in [0.2, 0.25) is 0 Å². The normalized spacial score (nSPS) is 12.6. The van der Waals surface area contributed by atoms with Crippen molar-refractivity contribution in [1.82, 2.24) is 0 Å². The molecule has 1 N–H and O–H groups in total. The van der Waals surface area contributed by atoms with Crippen molar-refractivity contribution < 1.29 is 9.84 Å². The van der Waals surface area contributed by atoms with Crippen molar-refractivity contribution in [1.29, 1.82) is 0 Å². The molecule has 0 aliphatic rings. The van der Waals surface area contributed by atoms with E-state index in [1.165, 1.54) is 0 Å². The van der Waals surface area contributed by atoms with E-state index >= 15 is 0 Å². The van der Waals surface area contributed by atoms with Crippen LogP contribution >= 0.6 is 23.2 Å². The van der Waals surface area contributed by atoms with Gasteiger partial charge in [-0.05, 0) is 19.1 Å². The summed E-state index contributed by atoms with van der Waals surface area (Å²) in [4.78, 5) is 0. The molecule has 0 heterocycles. The van der Waals surface area contributed by atoms with Crippen molar-refractivity contribution in [2.75, 3.05) is 6.61 Å². The molecule has 0 fully saturated rings. The molecule has 1 rings (SSSR count). The third kappa shape index (κ3) is 3.07. The summed E-state index contributed by atoms with van der Waals surface area (Å²) < 4.78 is 5.21. The number of rotatable bonds is 3. The maximum atomic E-state index is 8.97. The van der Waals surface area contributed by atoms with E-state index in [0.29, 0.717) is 15.8 Å². The van der Waals surface area contributed by atoms with Crippen LogP contribution in [-0.2, 0) is 0 Å². The van der Waals surface area contributed by atoms with Crippen LogP contribution in [0.3, 0.4) is 0 Å². The monoisotopic (exact) mass is 220 g/mol. The van der Waals surface area contributed by atoms with Crippen LogP contribution in [-0.4, -0.2) is 17.8 Å². The summed E-state index contributed by atoms with van der Waals surface area (Å²) in [7, 11) is 0. The maximum Gasteiger partial charge on any atom is 0.139 e. The fraction of sp³-hybridized carbons (Fsp3) is 0.333. The standard InChI is InChI=1S/C9H10Cl2O2/c1-6(12)5-13-8-4-2-3-7(10)9(8)11/h2-4,6,12H,5H2,1H3. The van der Waals surface area contributed by atoms with Crippen molar-refractivity contribution in [3.63, 3.8) is 0 Å². The first kappa shape index (κ1) is 10.6. The van der Waals surface area contributed by atoms with Crippen LogP contribution in [0.4, 0.5) is 0 Å². The van der Waals surface area contributed by atoms with Gasteiger partial charge >= 0.3 is 0 Å². The molecule has 0 spiro atoms. The average molecular weight is 221 g/mol. The fourth-order valence-electron chi connectivity index (χ4n) is 0.806. The van der Waals surface area contributed by atoms with Gasteiger partial charge in [0.05, 0.1) is 11.1 Å². The van der Waals surface area contributed by atoms with Crippen LogP contribution in [0.2, 0.25) is 10.0 Å². The van der Waals surface area contributed by atoms with Crippen molar-refractivity contribution in [2.24, 2.45) is 0 Å². The highest BCUT2D eigenvalue weighted by Crippen LogP contribution is 2.31. The Morgan fingerprint density at radius 1 is 1.46 bits per heavy atom. The second-order valence-corrected chi connectivity index (χ2v) is 3.50. The summed E-state index contributed by atoms with van der Waals surface area (Å²) in [5.74, 6) is 0.495. The van der Waals surface area contributed by atoms with E-state index in [0.717, 1.165) is 0 Å². The third-order valence-corrected chi connectivity index (χ3v) is 2.20. The molecule has 13 heavy (non-hydrogen) atoms. The van der Waals surface area contributed by atoms with Crippen LogP contribution in [0, 0.1) is 0 Å². The van der Waals surface area contributed by atoms with E-state index in [-0.39, 0.29) is 6.61 Å². The van der Waals surface area contributed by atoms with E-state index in [2.05, 4.69) is 0 Å². The summed E-state index contributed by atoms with van der Waals surface area (Å²) in [6.07, 6.45) is -0.518. The molecule has 1 aromatic rings. The van der Waals surface area contributed by atoms with Gasteiger partial charge in [-0.25, -0.2) is 0 Å². The topological polar surface area (TPSA) is 29.5 Å². The summed E-state index contributed by atoms with van der Waals surface area (Å²) in [5.41, 5.74) is 0. The number of halogens is 2. The molecular weight excluding hydrogens is 211 g/mol. The van der Waals surface area contributed by atoms with Gasteiger partial charge in [0.1, 0.15) is 17.4 Å². The molecule has 1 unspecified atom stereocenters. The zero-order valence-corrected chi connectivity index (χ0v) is 8.64. The minimum Gasteiger partial charge on any atom is -0.489 e. The predicted molar refractivity (Wildman–Crippen MR) is 53.6 cm³/mol. The minimum absolute atomic E-state index is 0.208. The SMILES string of the molecule is CC(O)COc1cccc(Cl)c1Cl. The van der Waals surface area contributed by atoms with E-state index in [9.17, 15) is 0 Å². The summed E-state index contributed by atoms with van der Waals surface area (Å²) in [6, 6.07) is 5.13. The second kappa shape index (κ2) is 4.70. The number of aliphatic hydroxyl groups is 1. The summed E-state index contributed by atoms with van der Waals surface area (Å²) in [6.45, 7) is 1.85. The highest BCUT2D eigenvalue weighted by atomic mass is 35.5. The number of hydrogen-bond donors (Lipinski definition) is 1. The van der Waals surface area contributed by atoms with Crippen molar-refractivity contribution >= 4 is 23.2 Å². The lowest BCUT2D eigenvalue weighted by molar-refractivity contribution is 0.123. The lowest BCUT2D eigenvalue weighted by atomic mass is 10.3. The molecule has 1 aromatic carbocycles. The molecule has 0 bridgehead atoms. The highest BCUT2D eigenvalue weighted by Gasteiger charge is 2.05. The molecule has 0 aliphatic heterocycles. The predicted octanol–water partition coefficient (Wildman–Crippen LogP) is 2.75. The molecule has 4 heteroatoms. The van der Waals surface area contributed by atoms with E-state index in [4.69, 9.17) is 33.0 Å². The highest BCUT2D eigenvalue weighted by molar-refractivity contribution is 6.42. The average Bonchev–Trinajstić information content (AvgIpc) is 2.07. The van der Waals surface area contributed by atoms with Crippen LogP contribution in [0.1, 0.15) is 6.92 Å². The number of hydrogen-bond acceptors (Lipinski definition) is 2. The molecule has 0 amide bonds. The summed E-state index contributed by atoms with van der Waals surface area (Å²) in [5, 5.41) is 9.80. The Hall–Kier alpha value is -0.440. The molecule has 2 nitrogen and oxygen atoms in total. The Morgan fingerprint density at radius 2 is 2.15 bits per heavy atom. The summed E-state index contributed by atoms with van der Waals surface area (Å²) >= 11 is 11.6. The quantitative estimate of drug-likeness (QED) is 0.850. The molecule has 0 aliphatic carbocycles. The molecule has 0 saturated heterocycles. The molecule has 0 radical (unpaired) electrons. The van der Waals surface area contributed by atoms with Crippen LogP contribution in [0.25, 0.3) is 0 Å². The van der Waals surface area contributed by atoms with Crippen LogP contribution in [0.15, 0.2) is 18.2 Å². The van der Waals surface area contributed by atoms with Crippen molar-refractivity contribution in [2.45, 2.75) is 13.0 Å². The van der Waals surface area contributed by atoms with Crippen LogP contribution in [0.5, 0.6) is 5.75 Å². The lowest BCUT2D eigenvalue weighted by Crippen LogP contribution is -2.12. The van der Waals surface area contributed by atoms with Gasteiger partial charge in [-0.15, -0.1) is 0 Å². The van der Waals surface area contributed by atoms with Gasteiger partial charge in [-0.3, -0.25) is 0 Å². The molecule has 0 saturated carbocycles. The number of aliphatic hydroxyl groups excluding tert-OH is 1. The molecule has 1 atom stereocenters. The van der Waals surface area contributed by atoms with E-state index in [1.54, 1.807) is 25.1 Å². The zero-order chi connectivity index (χ0) is 9.84. The Morgan fingerprint density at radius 3 is 2.77 bits per heavy atom. The Labute approximate surface area is 87.0 Å².